The molecule has 0 spiro atoms. The van der Waals surface area contributed by atoms with Crippen molar-refractivity contribution in [1.82, 2.24) is 9.97 Å². The first-order valence-corrected chi connectivity index (χ1v) is 9.97. The molecule has 6 heteroatoms. The number of anilines is 5. The Morgan fingerprint density at radius 1 is 0.931 bits per heavy atom. The lowest BCUT2D eigenvalue weighted by Crippen LogP contribution is -2.36. The number of morpholine rings is 1. The van der Waals surface area contributed by atoms with Gasteiger partial charge in [-0.25, -0.2) is 4.98 Å². The topological polar surface area (TPSA) is 62.3 Å². The van der Waals surface area contributed by atoms with Gasteiger partial charge >= 0.3 is 0 Å². The number of nitrogens with one attached hydrogen (secondary N) is 2. The number of benzene rings is 2. The maximum atomic E-state index is 5.49. The molecule has 1 fully saturated rings. The van der Waals surface area contributed by atoms with E-state index in [0.29, 0.717) is 5.95 Å². The van der Waals surface area contributed by atoms with E-state index in [1.54, 1.807) is 6.20 Å². The first kappa shape index (κ1) is 19.2. The molecule has 0 bridgehead atoms. The SMILES string of the molecule is Cc1cc(C)c(Nc2nccc(Nc3ccccc3N3CCOCC3)n2)c(C)c1. The van der Waals surface area contributed by atoms with Gasteiger partial charge in [0.1, 0.15) is 5.82 Å². The number of ether oxygens (including phenoxy) is 1. The summed E-state index contributed by atoms with van der Waals surface area (Å²) in [5, 5.41) is 6.84. The Morgan fingerprint density at radius 2 is 1.66 bits per heavy atom. The van der Waals surface area contributed by atoms with Crippen LogP contribution in [-0.2, 0) is 4.74 Å². The van der Waals surface area contributed by atoms with E-state index in [9.17, 15) is 0 Å². The molecule has 0 saturated carbocycles. The third-order valence-corrected chi connectivity index (χ3v) is 5.09. The summed E-state index contributed by atoms with van der Waals surface area (Å²) in [6, 6.07) is 14.5. The number of aromatic nitrogens is 2. The van der Waals surface area contributed by atoms with Gasteiger partial charge in [-0.05, 0) is 50.1 Å². The molecule has 0 aliphatic carbocycles. The van der Waals surface area contributed by atoms with Gasteiger partial charge in [-0.1, -0.05) is 29.8 Å². The van der Waals surface area contributed by atoms with E-state index in [2.05, 4.69) is 76.6 Å². The summed E-state index contributed by atoms with van der Waals surface area (Å²) in [4.78, 5) is 11.4. The van der Waals surface area contributed by atoms with Gasteiger partial charge in [-0.2, -0.15) is 4.98 Å². The molecule has 0 amide bonds. The number of hydrogen-bond acceptors (Lipinski definition) is 6. The zero-order valence-electron chi connectivity index (χ0n) is 17.2. The zero-order valence-corrected chi connectivity index (χ0v) is 17.2. The fourth-order valence-electron chi connectivity index (χ4n) is 3.77. The largest absolute Gasteiger partial charge is 0.378 e. The molecule has 0 radical (unpaired) electrons. The minimum absolute atomic E-state index is 0.578. The van der Waals surface area contributed by atoms with Gasteiger partial charge in [-0.15, -0.1) is 0 Å². The molecule has 1 aromatic heterocycles. The second-order valence-corrected chi connectivity index (χ2v) is 7.41. The Labute approximate surface area is 172 Å². The standard InChI is InChI=1S/C23H27N5O/c1-16-14-17(2)22(18(3)15-16)27-23-24-9-8-21(26-23)25-19-6-4-5-7-20(19)28-10-12-29-13-11-28/h4-9,14-15H,10-13H2,1-3H3,(H2,24,25,26,27). The average Bonchev–Trinajstić information content (AvgIpc) is 2.72. The van der Waals surface area contributed by atoms with Crippen molar-refractivity contribution < 1.29 is 4.74 Å². The van der Waals surface area contributed by atoms with Crippen LogP contribution in [0.3, 0.4) is 0 Å². The Hall–Kier alpha value is -3.12. The second-order valence-electron chi connectivity index (χ2n) is 7.41. The Bertz CT molecular complexity index is 975. The molecular weight excluding hydrogens is 362 g/mol. The van der Waals surface area contributed by atoms with Crippen LogP contribution >= 0.6 is 0 Å². The van der Waals surface area contributed by atoms with Crippen molar-refractivity contribution in [2.45, 2.75) is 20.8 Å². The van der Waals surface area contributed by atoms with Crippen LogP contribution in [-0.4, -0.2) is 36.3 Å². The molecule has 2 N–H and O–H groups in total. The summed E-state index contributed by atoms with van der Waals surface area (Å²) < 4.78 is 5.49. The molecule has 3 aromatic rings. The van der Waals surface area contributed by atoms with Crippen LogP contribution in [0.25, 0.3) is 0 Å². The molecule has 1 aliphatic heterocycles. The van der Waals surface area contributed by atoms with Crippen molar-refractivity contribution in [3.8, 4) is 0 Å². The van der Waals surface area contributed by atoms with Crippen LogP contribution in [0.15, 0.2) is 48.7 Å². The van der Waals surface area contributed by atoms with Crippen LogP contribution < -0.4 is 15.5 Å². The highest BCUT2D eigenvalue weighted by atomic mass is 16.5. The van der Waals surface area contributed by atoms with Gasteiger partial charge in [-0.3, -0.25) is 0 Å². The van der Waals surface area contributed by atoms with E-state index >= 15 is 0 Å². The van der Waals surface area contributed by atoms with Crippen LogP contribution in [0.1, 0.15) is 16.7 Å². The quantitative estimate of drug-likeness (QED) is 0.658. The molecule has 2 aromatic carbocycles. The average molecular weight is 390 g/mol. The highest BCUT2D eigenvalue weighted by Crippen LogP contribution is 2.29. The number of para-hydroxylation sites is 2. The summed E-state index contributed by atoms with van der Waals surface area (Å²) in [5.41, 5.74) is 6.86. The van der Waals surface area contributed by atoms with Crippen molar-refractivity contribution in [2.75, 3.05) is 41.8 Å². The van der Waals surface area contributed by atoms with Gasteiger partial charge in [0.25, 0.3) is 0 Å². The molecule has 0 atom stereocenters. The van der Waals surface area contributed by atoms with Crippen molar-refractivity contribution in [3.63, 3.8) is 0 Å². The molecule has 1 aliphatic rings. The van der Waals surface area contributed by atoms with Crippen LogP contribution in [0.4, 0.5) is 28.8 Å². The summed E-state index contributed by atoms with van der Waals surface area (Å²) in [6.07, 6.45) is 1.77. The van der Waals surface area contributed by atoms with Crippen molar-refractivity contribution in [1.29, 1.82) is 0 Å². The van der Waals surface area contributed by atoms with Crippen LogP contribution in [0.2, 0.25) is 0 Å². The van der Waals surface area contributed by atoms with E-state index in [1.807, 2.05) is 12.1 Å². The predicted octanol–water partition coefficient (Wildman–Crippen LogP) is 4.73. The summed E-state index contributed by atoms with van der Waals surface area (Å²) >= 11 is 0. The fourth-order valence-corrected chi connectivity index (χ4v) is 3.77. The first-order chi connectivity index (χ1) is 14.1. The van der Waals surface area contributed by atoms with E-state index < -0.39 is 0 Å². The molecule has 1 saturated heterocycles. The lowest BCUT2D eigenvalue weighted by Gasteiger charge is -2.30. The third kappa shape index (κ3) is 4.49. The summed E-state index contributed by atoms with van der Waals surface area (Å²) in [5.74, 6) is 1.33. The summed E-state index contributed by atoms with van der Waals surface area (Å²) in [7, 11) is 0. The maximum absolute atomic E-state index is 5.49. The highest BCUT2D eigenvalue weighted by Gasteiger charge is 2.15. The van der Waals surface area contributed by atoms with Gasteiger partial charge in [0.15, 0.2) is 0 Å². The predicted molar refractivity (Wildman–Crippen MR) is 119 cm³/mol. The van der Waals surface area contributed by atoms with Gasteiger partial charge in [0, 0.05) is 25.0 Å². The third-order valence-electron chi connectivity index (χ3n) is 5.09. The Kier molecular flexibility index (Phi) is 5.62. The lowest BCUT2D eigenvalue weighted by atomic mass is 10.1. The molecule has 29 heavy (non-hydrogen) atoms. The van der Waals surface area contributed by atoms with Crippen molar-refractivity contribution in [2.24, 2.45) is 0 Å². The molecule has 2 heterocycles. The van der Waals surface area contributed by atoms with Crippen LogP contribution in [0, 0.1) is 20.8 Å². The van der Waals surface area contributed by atoms with E-state index in [4.69, 9.17) is 4.74 Å². The van der Waals surface area contributed by atoms with Gasteiger partial charge < -0.3 is 20.3 Å². The highest BCUT2D eigenvalue weighted by molar-refractivity contribution is 5.75. The lowest BCUT2D eigenvalue weighted by molar-refractivity contribution is 0.123. The van der Waals surface area contributed by atoms with Crippen LogP contribution in [0.5, 0.6) is 0 Å². The number of hydrogen-bond donors (Lipinski definition) is 2. The van der Waals surface area contributed by atoms with Crippen molar-refractivity contribution >= 4 is 28.8 Å². The summed E-state index contributed by atoms with van der Waals surface area (Å²) in [6.45, 7) is 9.60. The molecule has 4 rings (SSSR count). The number of aryl methyl sites for hydroxylation is 3. The molecule has 0 unspecified atom stereocenters. The number of rotatable bonds is 5. The van der Waals surface area contributed by atoms with E-state index in [-0.39, 0.29) is 0 Å². The minimum atomic E-state index is 0.578. The first-order valence-electron chi connectivity index (χ1n) is 9.97. The van der Waals surface area contributed by atoms with E-state index in [1.165, 1.54) is 16.7 Å². The second kappa shape index (κ2) is 8.49. The normalized spacial score (nSPS) is 14.0. The zero-order chi connectivity index (χ0) is 20.2. The Morgan fingerprint density at radius 3 is 2.41 bits per heavy atom. The monoisotopic (exact) mass is 389 g/mol. The fraction of sp³-hybridized carbons (Fsp3) is 0.304. The number of nitrogens with zero attached hydrogens (tertiary/aromatic N) is 3. The van der Waals surface area contributed by atoms with Gasteiger partial charge in [0.2, 0.25) is 5.95 Å². The molecule has 6 nitrogen and oxygen atoms in total. The molecule has 150 valence electrons. The van der Waals surface area contributed by atoms with E-state index in [0.717, 1.165) is 49.2 Å². The smallest absolute Gasteiger partial charge is 0.229 e. The van der Waals surface area contributed by atoms with Gasteiger partial charge in [0.05, 0.1) is 24.6 Å². The minimum Gasteiger partial charge on any atom is -0.378 e. The maximum Gasteiger partial charge on any atom is 0.229 e. The molecular formula is C23H27N5O. The Balaban J connectivity index is 1.56. The van der Waals surface area contributed by atoms with Crippen molar-refractivity contribution in [3.05, 3.63) is 65.4 Å².